The number of carbonyl (C=O) groups is 2. The van der Waals surface area contributed by atoms with Crippen molar-refractivity contribution in [3.63, 3.8) is 0 Å². The summed E-state index contributed by atoms with van der Waals surface area (Å²) in [5, 5.41) is 13.3. The topological polar surface area (TPSA) is 105 Å². The summed E-state index contributed by atoms with van der Waals surface area (Å²) in [5.41, 5.74) is 3.34. The first-order chi connectivity index (χ1) is 11.5. The van der Waals surface area contributed by atoms with E-state index in [4.69, 9.17) is 0 Å². The van der Waals surface area contributed by atoms with Crippen LogP contribution in [0.15, 0.2) is 29.9 Å². The molecule has 0 aliphatic heterocycles. The van der Waals surface area contributed by atoms with E-state index in [2.05, 4.69) is 25.8 Å². The smallest absolute Gasteiger partial charge is 0.322 e. The average molecular weight is 345 g/mol. The molecule has 2 heterocycles. The van der Waals surface area contributed by atoms with E-state index in [0.717, 1.165) is 10.2 Å². The molecule has 3 aromatic rings. The molecule has 0 fully saturated rings. The minimum Gasteiger partial charge on any atom is -0.331 e. The number of amides is 3. The molecule has 2 aromatic heterocycles. The van der Waals surface area contributed by atoms with E-state index in [-0.39, 0.29) is 24.3 Å². The molecule has 0 saturated carbocycles. The standard InChI is InChI=1S/C14H15N7O2S/c1-20(2)14(23)18-12-6-16-21(19-12)7-13(22)17-9-3-4-10-11(5-9)24-8-15-10/h3-6,8H,7H2,1-2H3,(H,17,22)(H,18,19,23). The molecule has 0 aliphatic carbocycles. The van der Waals surface area contributed by atoms with Gasteiger partial charge in [-0.3, -0.25) is 10.1 Å². The van der Waals surface area contributed by atoms with Gasteiger partial charge in [-0.1, -0.05) is 0 Å². The Kier molecular flexibility index (Phi) is 4.38. The molecule has 3 rings (SSSR count). The Morgan fingerprint density at radius 2 is 2.12 bits per heavy atom. The van der Waals surface area contributed by atoms with Crippen molar-refractivity contribution in [2.24, 2.45) is 0 Å². The van der Waals surface area contributed by atoms with Gasteiger partial charge in [0.05, 0.1) is 21.9 Å². The fourth-order valence-corrected chi connectivity index (χ4v) is 2.63. The van der Waals surface area contributed by atoms with Crippen molar-refractivity contribution >= 4 is 45.0 Å². The monoisotopic (exact) mass is 345 g/mol. The highest BCUT2D eigenvalue weighted by Gasteiger charge is 2.10. The van der Waals surface area contributed by atoms with Crippen LogP contribution in [0.25, 0.3) is 10.2 Å². The highest BCUT2D eigenvalue weighted by molar-refractivity contribution is 7.16. The lowest BCUT2D eigenvalue weighted by Gasteiger charge is -2.09. The van der Waals surface area contributed by atoms with Crippen LogP contribution in [0.3, 0.4) is 0 Å². The van der Waals surface area contributed by atoms with Gasteiger partial charge in [0.1, 0.15) is 6.54 Å². The number of nitrogens with zero attached hydrogens (tertiary/aromatic N) is 5. The Morgan fingerprint density at radius 3 is 2.92 bits per heavy atom. The molecule has 0 radical (unpaired) electrons. The summed E-state index contributed by atoms with van der Waals surface area (Å²) in [5.74, 6) is 0.0209. The largest absolute Gasteiger partial charge is 0.331 e. The number of fused-ring (bicyclic) bond motifs is 1. The molecule has 0 aliphatic rings. The summed E-state index contributed by atoms with van der Waals surface area (Å²) < 4.78 is 0.999. The minimum atomic E-state index is -0.315. The van der Waals surface area contributed by atoms with E-state index in [1.807, 2.05) is 12.1 Å². The highest BCUT2D eigenvalue weighted by atomic mass is 32.1. The van der Waals surface area contributed by atoms with Gasteiger partial charge in [-0.25, -0.2) is 9.78 Å². The lowest BCUT2D eigenvalue weighted by atomic mass is 10.3. The van der Waals surface area contributed by atoms with E-state index < -0.39 is 0 Å². The SMILES string of the molecule is CN(C)C(=O)Nc1cnn(CC(=O)Nc2ccc3ncsc3c2)n1. The second-order valence-corrected chi connectivity index (χ2v) is 6.05. The van der Waals surface area contributed by atoms with Crippen molar-refractivity contribution in [3.05, 3.63) is 29.9 Å². The Hall–Kier alpha value is -3.01. The van der Waals surface area contributed by atoms with E-state index in [9.17, 15) is 9.59 Å². The molecule has 0 atom stereocenters. The fourth-order valence-electron chi connectivity index (χ4n) is 1.91. The molecule has 124 valence electrons. The van der Waals surface area contributed by atoms with Gasteiger partial charge in [0, 0.05) is 19.8 Å². The molecule has 9 nitrogen and oxygen atoms in total. The second kappa shape index (κ2) is 6.62. The number of hydrogen-bond donors (Lipinski definition) is 2. The molecule has 3 amide bonds. The number of nitrogens with one attached hydrogen (secondary N) is 2. The van der Waals surface area contributed by atoms with Crippen molar-refractivity contribution in [1.82, 2.24) is 24.9 Å². The molecular weight excluding hydrogens is 330 g/mol. The van der Waals surface area contributed by atoms with Gasteiger partial charge in [0.15, 0.2) is 5.82 Å². The van der Waals surface area contributed by atoms with Gasteiger partial charge >= 0.3 is 6.03 Å². The molecule has 2 N–H and O–H groups in total. The van der Waals surface area contributed by atoms with E-state index in [1.54, 1.807) is 25.7 Å². The van der Waals surface area contributed by atoms with E-state index >= 15 is 0 Å². The average Bonchev–Trinajstić information content (AvgIpc) is 3.15. The summed E-state index contributed by atoms with van der Waals surface area (Å²) in [6.07, 6.45) is 1.39. The number of aromatic nitrogens is 4. The second-order valence-electron chi connectivity index (χ2n) is 5.17. The quantitative estimate of drug-likeness (QED) is 0.747. The lowest BCUT2D eigenvalue weighted by Crippen LogP contribution is -2.27. The predicted molar refractivity (Wildman–Crippen MR) is 91.0 cm³/mol. The van der Waals surface area contributed by atoms with Crippen LogP contribution in [0.2, 0.25) is 0 Å². The zero-order valence-electron chi connectivity index (χ0n) is 13.1. The molecule has 0 bridgehead atoms. The maximum atomic E-state index is 12.1. The summed E-state index contributed by atoms with van der Waals surface area (Å²) >= 11 is 1.51. The summed E-state index contributed by atoms with van der Waals surface area (Å²) in [6, 6.07) is 5.19. The van der Waals surface area contributed by atoms with Crippen LogP contribution in [0, 0.1) is 0 Å². The van der Waals surface area contributed by atoms with Gasteiger partial charge in [0.25, 0.3) is 0 Å². The van der Waals surface area contributed by atoms with Crippen molar-refractivity contribution in [2.75, 3.05) is 24.7 Å². The van der Waals surface area contributed by atoms with Crippen molar-refractivity contribution in [3.8, 4) is 0 Å². The summed E-state index contributed by atoms with van der Waals surface area (Å²) in [4.78, 5) is 30.4. The maximum absolute atomic E-state index is 12.1. The number of rotatable bonds is 4. The third kappa shape index (κ3) is 3.66. The summed E-state index contributed by atoms with van der Waals surface area (Å²) in [6.45, 7) is -0.0570. The molecule has 10 heteroatoms. The van der Waals surface area contributed by atoms with Gasteiger partial charge in [-0.05, 0) is 18.2 Å². The minimum absolute atomic E-state index is 0.0570. The third-order valence-electron chi connectivity index (χ3n) is 3.08. The van der Waals surface area contributed by atoms with Crippen molar-refractivity contribution in [2.45, 2.75) is 6.54 Å². The van der Waals surface area contributed by atoms with Crippen LogP contribution in [0.4, 0.5) is 16.3 Å². The van der Waals surface area contributed by atoms with E-state index in [1.165, 1.54) is 27.2 Å². The molecule has 0 unspecified atom stereocenters. The molecule has 0 spiro atoms. The van der Waals surface area contributed by atoms with Gasteiger partial charge < -0.3 is 10.2 Å². The van der Waals surface area contributed by atoms with Gasteiger partial charge in [0.2, 0.25) is 5.91 Å². The number of benzene rings is 1. The number of carbonyl (C=O) groups excluding carboxylic acids is 2. The zero-order valence-corrected chi connectivity index (χ0v) is 13.9. The molecule has 0 saturated heterocycles. The number of anilines is 2. The van der Waals surface area contributed by atoms with Crippen molar-refractivity contribution < 1.29 is 9.59 Å². The first-order valence-corrected chi connectivity index (χ1v) is 7.91. The Morgan fingerprint density at radius 1 is 1.29 bits per heavy atom. The van der Waals surface area contributed by atoms with Crippen LogP contribution in [0.5, 0.6) is 0 Å². The van der Waals surface area contributed by atoms with Crippen LogP contribution in [-0.2, 0) is 11.3 Å². The maximum Gasteiger partial charge on any atom is 0.322 e. The van der Waals surface area contributed by atoms with Crippen molar-refractivity contribution in [1.29, 1.82) is 0 Å². The van der Waals surface area contributed by atoms with Gasteiger partial charge in [-0.2, -0.15) is 9.90 Å². The van der Waals surface area contributed by atoms with Crippen LogP contribution in [-0.4, -0.2) is 50.9 Å². The molecule has 24 heavy (non-hydrogen) atoms. The summed E-state index contributed by atoms with van der Waals surface area (Å²) in [7, 11) is 3.24. The first kappa shape index (κ1) is 15.9. The Labute approximate surface area is 141 Å². The number of hydrogen-bond acceptors (Lipinski definition) is 6. The molecular formula is C14H15N7O2S. The van der Waals surface area contributed by atoms with Crippen LogP contribution in [0.1, 0.15) is 0 Å². The van der Waals surface area contributed by atoms with Crippen LogP contribution >= 0.6 is 11.3 Å². The normalized spacial score (nSPS) is 10.6. The number of thiazole rings is 1. The Bertz CT molecular complexity index is 886. The lowest BCUT2D eigenvalue weighted by molar-refractivity contribution is -0.117. The third-order valence-corrected chi connectivity index (χ3v) is 3.87. The highest BCUT2D eigenvalue weighted by Crippen LogP contribution is 2.21. The first-order valence-electron chi connectivity index (χ1n) is 7.03. The van der Waals surface area contributed by atoms with Crippen LogP contribution < -0.4 is 10.6 Å². The van der Waals surface area contributed by atoms with E-state index in [0.29, 0.717) is 5.69 Å². The zero-order chi connectivity index (χ0) is 17.1. The fraction of sp³-hybridized carbons (Fsp3) is 0.214. The molecule has 1 aromatic carbocycles. The van der Waals surface area contributed by atoms with Gasteiger partial charge in [-0.15, -0.1) is 16.4 Å². The predicted octanol–water partition coefficient (Wildman–Crippen LogP) is 1.62. The number of urea groups is 1. The Balaban J connectivity index is 1.60.